The molecular weight excluding hydrogens is 288 g/mol. The van der Waals surface area contributed by atoms with Crippen molar-refractivity contribution in [3.05, 3.63) is 41.2 Å². The molecule has 1 aromatic carbocycles. The zero-order chi connectivity index (χ0) is 16.3. The number of esters is 1. The van der Waals surface area contributed by atoms with E-state index >= 15 is 0 Å². The minimum atomic E-state index is -1.13. The molecule has 0 aliphatic heterocycles. The summed E-state index contributed by atoms with van der Waals surface area (Å²) in [6, 6.07) is 4.18. The van der Waals surface area contributed by atoms with E-state index in [4.69, 9.17) is 14.9 Å². The summed E-state index contributed by atoms with van der Waals surface area (Å²) in [5, 5.41) is 18.2. The van der Waals surface area contributed by atoms with E-state index in [2.05, 4.69) is 4.98 Å². The predicted molar refractivity (Wildman–Crippen MR) is 77.8 cm³/mol. The van der Waals surface area contributed by atoms with Crippen molar-refractivity contribution in [3.8, 4) is 11.4 Å². The summed E-state index contributed by atoms with van der Waals surface area (Å²) in [5.74, 6) is -1.30. The molecule has 116 valence electrons. The van der Waals surface area contributed by atoms with Crippen molar-refractivity contribution in [2.45, 2.75) is 13.5 Å². The molecule has 0 aliphatic rings. The number of aryl methyl sites for hydroxylation is 1. The molecule has 0 amide bonds. The molecule has 7 nitrogen and oxygen atoms in total. The fraction of sp³-hybridized carbons (Fsp3) is 0.267. The highest BCUT2D eigenvalue weighted by Gasteiger charge is 2.20. The molecule has 0 spiro atoms. The number of methoxy groups -OCH3 is 1. The predicted octanol–water partition coefficient (Wildman–Crippen LogP) is 1.34. The number of nitrogens with zero attached hydrogens (tertiary/aromatic N) is 2. The van der Waals surface area contributed by atoms with Crippen LogP contribution in [0.1, 0.15) is 26.4 Å². The van der Waals surface area contributed by atoms with Crippen LogP contribution in [0.4, 0.5) is 0 Å². The second-order valence-electron chi connectivity index (χ2n) is 4.68. The monoisotopic (exact) mass is 304 g/mol. The minimum Gasteiger partial charge on any atom is -0.478 e. The second-order valence-corrected chi connectivity index (χ2v) is 4.68. The fourth-order valence-corrected chi connectivity index (χ4v) is 2.19. The highest BCUT2D eigenvalue weighted by Crippen LogP contribution is 2.25. The van der Waals surface area contributed by atoms with E-state index in [-0.39, 0.29) is 17.7 Å². The molecule has 22 heavy (non-hydrogen) atoms. The van der Waals surface area contributed by atoms with Crippen LogP contribution in [-0.2, 0) is 11.3 Å². The van der Waals surface area contributed by atoms with E-state index in [1.54, 1.807) is 17.7 Å². The quantitative estimate of drug-likeness (QED) is 0.808. The van der Waals surface area contributed by atoms with Gasteiger partial charge in [0.15, 0.2) is 0 Å². The van der Waals surface area contributed by atoms with Gasteiger partial charge in [0.05, 0.1) is 30.5 Å². The summed E-state index contributed by atoms with van der Waals surface area (Å²) in [7, 11) is 1.23. The number of hydrogen-bond donors (Lipinski definition) is 2. The van der Waals surface area contributed by atoms with Gasteiger partial charge >= 0.3 is 11.9 Å². The minimum absolute atomic E-state index is 0.0128. The summed E-state index contributed by atoms with van der Waals surface area (Å²) < 4.78 is 6.43. The van der Waals surface area contributed by atoms with Gasteiger partial charge < -0.3 is 19.5 Å². The zero-order valence-electron chi connectivity index (χ0n) is 12.2. The van der Waals surface area contributed by atoms with Gasteiger partial charge in [-0.25, -0.2) is 14.6 Å². The number of aliphatic hydroxyl groups is 1. The van der Waals surface area contributed by atoms with Crippen molar-refractivity contribution in [2.24, 2.45) is 0 Å². The van der Waals surface area contributed by atoms with E-state index in [0.29, 0.717) is 17.9 Å². The third-order valence-corrected chi connectivity index (χ3v) is 3.15. The number of imidazole rings is 1. The zero-order valence-corrected chi connectivity index (χ0v) is 12.2. The maximum atomic E-state index is 12.0. The number of carboxylic acids is 1. The van der Waals surface area contributed by atoms with Crippen LogP contribution < -0.4 is 0 Å². The van der Waals surface area contributed by atoms with Crippen molar-refractivity contribution in [2.75, 3.05) is 13.7 Å². The van der Waals surface area contributed by atoms with Crippen LogP contribution in [0.15, 0.2) is 24.4 Å². The van der Waals surface area contributed by atoms with Gasteiger partial charge in [-0.1, -0.05) is 0 Å². The number of benzene rings is 1. The lowest BCUT2D eigenvalue weighted by Crippen LogP contribution is -2.10. The number of carbonyl (C=O) groups is 2. The lowest BCUT2D eigenvalue weighted by atomic mass is 10.0. The molecule has 0 saturated heterocycles. The Labute approximate surface area is 126 Å². The van der Waals surface area contributed by atoms with Crippen molar-refractivity contribution >= 4 is 11.9 Å². The van der Waals surface area contributed by atoms with Gasteiger partial charge in [-0.15, -0.1) is 0 Å². The van der Waals surface area contributed by atoms with Gasteiger partial charge in [0.25, 0.3) is 0 Å². The van der Waals surface area contributed by atoms with Crippen LogP contribution in [0.5, 0.6) is 0 Å². The van der Waals surface area contributed by atoms with E-state index in [0.717, 1.165) is 5.69 Å². The molecule has 0 aliphatic carbocycles. The number of aromatic nitrogens is 2. The summed E-state index contributed by atoms with van der Waals surface area (Å²) in [6.07, 6.45) is 1.75. The molecule has 1 aromatic heterocycles. The average Bonchev–Trinajstić information content (AvgIpc) is 2.86. The third-order valence-electron chi connectivity index (χ3n) is 3.15. The Hall–Kier alpha value is -2.67. The van der Waals surface area contributed by atoms with E-state index in [9.17, 15) is 9.59 Å². The van der Waals surface area contributed by atoms with Crippen LogP contribution in [0, 0.1) is 6.92 Å². The average molecular weight is 304 g/mol. The SMILES string of the molecule is COC(=O)c1cc(C(=O)O)ccc1-c1nc(C)cn1CCO. The molecule has 0 fully saturated rings. The lowest BCUT2D eigenvalue weighted by molar-refractivity contribution is 0.0601. The number of hydrogen-bond acceptors (Lipinski definition) is 5. The topological polar surface area (TPSA) is 102 Å². The fourth-order valence-electron chi connectivity index (χ4n) is 2.19. The first-order valence-corrected chi connectivity index (χ1v) is 6.58. The summed E-state index contributed by atoms with van der Waals surface area (Å²) in [4.78, 5) is 27.4. The van der Waals surface area contributed by atoms with Crippen LogP contribution in [0.25, 0.3) is 11.4 Å². The van der Waals surface area contributed by atoms with Crippen molar-refractivity contribution in [1.82, 2.24) is 9.55 Å². The standard InChI is InChI=1S/C15H16N2O5/c1-9-8-17(5-6-18)13(16-9)11-4-3-10(14(19)20)7-12(11)15(21)22-2/h3-4,7-8,18H,5-6H2,1-2H3,(H,19,20). The Bertz CT molecular complexity index is 721. The molecule has 0 atom stereocenters. The van der Waals surface area contributed by atoms with E-state index in [1.807, 2.05) is 0 Å². The number of aliphatic hydroxyl groups excluding tert-OH is 1. The molecule has 2 aromatic rings. The maximum Gasteiger partial charge on any atom is 0.338 e. The molecule has 2 rings (SSSR count). The Morgan fingerprint density at radius 3 is 2.68 bits per heavy atom. The summed E-state index contributed by atoms with van der Waals surface area (Å²) in [5.41, 5.74) is 1.29. The van der Waals surface area contributed by atoms with Crippen molar-refractivity contribution < 1.29 is 24.5 Å². The smallest absolute Gasteiger partial charge is 0.338 e. The van der Waals surface area contributed by atoms with Crippen molar-refractivity contribution in [3.63, 3.8) is 0 Å². The van der Waals surface area contributed by atoms with E-state index in [1.165, 1.54) is 25.3 Å². The van der Waals surface area contributed by atoms with Gasteiger partial charge in [0, 0.05) is 18.3 Å². The largest absolute Gasteiger partial charge is 0.478 e. The second kappa shape index (κ2) is 6.40. The number of rotatable bonds is 5. The number of carbonyl (C=O) groups excluding carboxylic acids is 1. The Kier molecular flexibility index (Phi) is 4.57. The van der Waals surface area contributed by atoms with Gasteiger partial charge in [-0.2, -0.15) is 0 Å². The number of carboxylic acid groups (broad SMARTS) is 1. The molecule has 0 radical (unpaired) electrons. The highest BCUT2D eigenvalue weighted by atomic mass is 16.5. The van der Waals surface area contributed by atoms with Gasteiger partial charge in [-0.3, -0.25) is 0 Å². The lowest BCUT2D eigenvalue weighted by Gasteiger charge is -2.10. The first-order valence-electron chi connectivity index (χ1n) is 6.58. The van der Waals surface area contributed by atoms with Crippen molar-refractivity contribution in [1.29, 1.82) is 0 Å². The first-order chi connectivity index (χ1) is 10.5. The molecule has 0 saturated carbocycles. The number of ether oxygens (including phenoxy) is 1. The Morgan fingerprint density at radius 2 is 2.09 bits per heavy atom. The van der Waals surface area contributed by atoms with Gasteiger partial charge in [0.2, 0.25) is 0 Å². The Balaban J connectivity index is 2.64. The molecule has 0 bridgehead atoms. The van der Waals surface area contributed by atoms with Crippen LogP contribution >= 0.6 is 0 Å². The number of aromatic carboxylic acids is 1. The van der Waals surface area contributed by atoms with E-state index < -0.39 is 11.9 Å². The summed E-state index contributed by atoms with van der Waals surface area (Å²) >= 11 is 0. The molecule has 7 heteroatoms. The van der Waals surface area contributed by atoms with Crippen LogP contribution in [-0.4, -0.2) is 45.4 Å². The molecule has 2 N–H and O–H groups in total. The molecule has 1 heterocycles. The van der Waals surface area contributed by atoms with Crippen LogP contribution in [0.2, 0.25) is 0 Å². The van der Waals surface area contributed by atoms with Gasteiger partial charge in [-0.05, 0) is 25.1 Å². The summed E-state index contributed by atoms with van der Waals surface area (Å²) in [6.45, 7) is 2.03. The maximum absolute atomic E-state index is 12.0. The molecule has 0 unspecified atom stereocenters. The highest BCUT2D eigenvalue weighted by molar-refractivity contribution is 5.99. The third kappa shape index (κ3) is 2.99. The Morgan fingerprint density at radius 1 is 1.36 bits per heavy atom. The first kappa shape index (κ1) is 15.7. The van der Waals surface area contributed by atoms with Gasteiger partial charge in [0.1, 0.15) is 5.82 Å². The normalized spacial score (nSPS) is 10.5. The van der Waals surface area contributed by atoms with Crippen LogP contribution in [0.3, 0.4) is 0 Å². The molecular formula is C15H16N2O5.